The lowest BCUT2D eigenvalue weighted by atomic mass is 10.4. The summed E-state index contributed by atoms with van der Waals surface area (Å²) in [6, 6.07) is 0. The van der Waals surface area contributed by atoms with Crippen LogP contribution in [0.25, 0.3) is 0 Å². The average Bonchev–Trinajstić information content (AvgIpc) is 2.12. The van der Waals surface area contributed by atoms with Crippen LogP contribution in [0.2, 0.25) is 0 Å². The van der Waals surface area contributed by atoms with Crippen molar-refractivity contribution >= 4 is 24.8 Å². The highest BCUT2D eigenvalue weighted by molar-refractivity contribution is 5.85. The van der Waals surface area contributed by atoms with Gasteiger partial charge < -0.3 is 9.22 Å². The molecule has 64 valence electrons. The Labute approximate surface area is 74.9 Å². The molecule has 0 saturated carbocycles. The molecule has 1 saturated heterocycles. The van der Waals surface area contributed by atoms with Crippen molar-refractivity contribution in [3.05, 3.63) is 0 Å². The summed E-state index contributed by atoms with van der Waals surface area (Å²) in [4.78, 5) is 0. The molecule has 1 rings (SSSR count). The second kappa shape index (κ2) is 4.39. The summed E-state index contributed by atoms with van der Waals surface area (Å²) >= 11 is 0. The predicted molar refractivity (Wildman–Crippen MR) is 47.1 cm³/mol. The van der Waals surface area contributed by atoms with Gasteiger partial charge in [-0.1, -0.05) is 0 Å². The molecule has 2 nitrogen and oxygen atoms in total. The molecular weight excluding hydrogens is 173 g/mol. The normalized spacial score (nSPS) is 22.5. The van der Waals surface area contributed by atoms with Crippen molar-refractivity contribution < 1.29 is 9.22 Å². The maximum Gasteiger partial charge on any atom is 0.130 e. The lowest BCUT2D eigenvalue weighted by Crippen LogP contribution is -2.37. The fraction of sp³-hybridized carbons (Fsp3) is 1.00. The molecular formula is C6H16Cl2NO+. The van der Waals surface area contributed by atoms with Gasteiger partial charge in [0.05, 0.1) is 27.7 Å². The Hall–Kier alpha value is 0.500. The molecule has 1 heterocycles. The molecule has 0 aromatic carbocycles. The van der Waals surface area contributed by atoms with Crippen molar-refractivity contribution in [2.45, 2.75) is 6.10 Å². The van der Waals surface area contributed by atoms with E-state index in [0.29, 0.717) is 6.10 Å². The SMILES string of the molecule is C[N+](C)(C)CC1CO1.Cl.Cl. The number of halogens is 2. The van der Waals surface area contributed by atoms with Crippen molar-refractivity contribution in [3.63, 3.8) is 0 Å². The second-order valence-corrected chi connectivity index (χ2v) is 3.43. The number of ether oxygens (including phenoxy) is 1. The van der Waals surface area contributed by atoms with Gasteiger partial charge in [0.15, 0.2) is 0 Å². The second-order valence-electron chi connectivity index (χ2n) is 3.43. The van der Waals surface area contributed by atoms with E-state index in [1.807, 2.05) is 0 Å². The third kappa shape index (κ3) is 6.62. The van der Waals surface area contributed by atoms with Gasteiger partial charge in [0.2, 0.25) is 0 Å². The molecule has 1 unspecified atom stereocenters. The van der Waals surface area contributed by atoms with Crippen molar-refractivity contribution in [1.82, 2.24) is 0 Å². The molecule has 0 aliphatic carbocycles. The number of nitrogens with zero attached hydrogens (tertiary/aromatic N) is 1. The molecule has 0 amide bonds. The molecule has 0 N–H and O–H groups in total. The zero-order valence-corrected chi connectivity index (χ0v) is 8.30. The summed E-state index contributed by atoms with van der Waals surface area (Å²) in [5.74, 6) is 0. The Bertz CT molecular complexity index is 88.2. The standard InChI is InChI=1S/C6H14NO.2ClH/c1-7(2,3)4-6-5-8-6;;/h6H,4-5H2,1-3H3;2*1H/q+1;;. The number of epoxide rings is 1. The van der Waals surface area contributed by atoms with Crippen molar-refractivity contribution in [1.29, 1.82) is 0 Å². The van der Waals surface area contributed by atoms with E-state index in [2.05, 4.69) is 21.1 Å². The van der Waals surface area contributed by atoms with Gasteiger partial charge in [-0.3, -0.25) is 0 Å². The lowest BCUT2D eigenvalue weighted by Gasteiger charge is -2.22. The third-order valence-corrected chi connectivity index (χ3v) is 1.15. The maximum absolute atomic E-state index is 5.07. The van der Waals surface area contributed by atoms with E-state index in [1.165, 1.54) is 0 Å². The summed E-state index contributed by atoms with van der Waals surface area (Å²) in [6.07, 6.45) is 0.565. The molecule has 4 heteroatoms. The van der Waals surface area contributed by atoms with Crippen LogP contribution in [0.3, 0.4) is 0 Å². The fourth-order valence-corrected chi connectivity index (χ4v) is 0.784. The van der Waals surface area contributed by atoms with Gasteiger partial charge in [-0.25, -0.2) is 0 Å². The highest BCUT2D eigenvalue weighted by Gasteiger charge is 2.28. The minimum Gasteiger partial charge on any atom is -0.367 e. The molecule has 10 heavy (non-hydrogen) atoms. The van der Waals surface area contributed by atoms with E-state index >= 15 is 0 Å². The van der Waals surface area contributed by atoms with E-state index in [9.17, 15) is 0 Å². The first-order valence-corrected chi connectivity index (χ1v) is 3.00. The smallest absolute Gasteiger partial charge is 0.130 e. The Morgan fingerprint density at radius 2 is 1.70 bits per heavy atom. The Morgan fingerprint density at radius 3 is 1.80 bits per heavy atom. The first-order chi connectivity index (χ1) is 3.58. The van der Waals surface area contributed by atoms with Gasteiger partial charge in [0.25, 0.3) is 0 Å². The monoisotopic (exact) mass is 188 g/mol. The first kappa shape index (κ1) is 13.1. The molecule has 0 aromatic rings. The molecule has 0 aromatic heterocycles. The van der Waals surface area contributed by atoms with Crippen LogP contribution in [0, 0.1) is 0 Å². The van der Waals surface area contributed by atoms with E-state index in [1.54, 1.807) is 0 Å². The summed E-state index contributed by atoms with van der Waals surface area (Å²) in [7, 11) is 6.55. The van der Waals surface area contributed by atoms with Crippen LogP contribution in [0.4, 0.5) is 0 Å². The molecule has 0 bridgehead atoms. The highest BCUT2D eigenvalue weighted by Crippen LogP contribution is 2.11. The number of rotatable bonds is 2. The van der Waals surface area contributed by atoms with E-state index < -0.39 is 0 Å². The number of quaternary nitrogens is 1. The van der Waals surface area contributed by atoms with E-state index in [-0.39, 0.29) is 24.8 Å². The zero-order chi connectivity index (χ0) is 6.20. The quantitative estimate of drug-likeness (QED) is 0.465. The molecule has 1 aliphatic heterocycles. The van der Waals surface area contributed by atoms with Crippen molar-refractivity contribution in [2.75, 3.05) is 34.3 Å². The molecule has 1 aliphatic rings. The van der Waals surface area contributed by atoms with Crippen molar-refractivity contribution in [3.8, 4) is 0 Å². The average molecular weight is 189 g/mol. The zero-order valence-electron chi connectivity index (χ0n) is 6.66. The summed E-state index contributed by atoms with van der Waals surface area (Å²) in [5.41, 5.74) is 0. The summed E-state index contributed by atoms with van der Waals surface area (Å²) in [6.45, 7) is 2.13. The largest absolute Gasteiger partial charge is 0.367 e. The molecule has 1 atom stereocenters. The van der Waals surface area contributed by atoms with Crippen LogP contribution in [-0.2, 0) is 4.74 Å². The summed E-state index contributed by atoms with van der Waals surface area (Å²) < 4.78 is 6.09. The Morgan fingerprint density at radius 1 is 1.30 bits per heavy atom. The molecule has 0 radical (unpaired) electrons. The Kier molecular flexibility index (Phi) is 5.76. The molecule has 1 fully saturated rings. The summed E-state index contributed by atoms with van der Waals surface area (Å²) in [5, 5.41) is 0. The topological polar surface area (TPSA) is 12.5 Å². The van der Waals surface area contributed by atoms with E-state index in [4.69, 9.17) is 4.74 Å². The number of hydrogen-bond acceptors (Lipinski definition) is 1. The predicted octanol–water partition coefficient (Wildman–Crippen LogP) is 0.935. The number of hydrogen-bond donors (Lipinski definition) is 0. The van der Waals surface area contributed by atoms with E-state index in [0.717, 1.165) is 17.6 Å². The van der Waals surface area contributed by atoms with Gasteiger partial charge in [0.1, 0.15) is 12.6 Å². The fourth-order valence-electron chi connectivity index (χ4n) is 0.784. The Balaban J connectivity index is 0. The van der Waals surface area contributed by atoms with Gasteiger partial charge in [-0.05, 0) is 0 Å². The minimum absolute atomic E-state index is 0. The number of likely N-dealkylation sites (N-methyl/N-ethyl adjacent to an activating group) is 1. The van der Waals surface area contributed by atoms with Crippen molar-refractivity contribution in [2.24, 2.45) is 0 Å². The van der Waals surface area contributed by atoms with Gasteiger partial charge in [0, 0.05) is 0 Å². The van der Waals surface area contributed by atoms with Crippen LogP contribution < -0.4 is 0 Å². The maximum atomic E-state index is 5.07. The first-order valence-electron chi connectivity index (χ1n) is 3.00. The lowest BCUT2D eigenvalue weighted by molar-refractivity contribution is -0.870. The third-order valence-electron chi connectivity index (χ3n) is 1.15. The molecule has 0 spiro atoms. The van der Waals surface area contributed by atoms with Crippen LogP contribution in [0.15, 0.2) is 0 Å². The minimum atomic E-state index is 0. The van der Waals surface area contributed by atoms with Crippen LogP contribution in [-0.4, -0.2) is 44.9 Å². The van der Waals surface area contributed by atoms with Crippen LogP contribution >= 0.6 is 24.8 Å². The van der Waals surface area contributed by atoms with Crippen LogP contribution in [0.5, 0.6) is 0 Å². The highest BCUT2D eigenvalue weighted by atomic mass is 35.5. The van der Waals surface area contributed by atoms with Gasteiger partial charge in [-0.15, -0.1) is 24.8 Å². The van der Waals surface area contributed by atoms with Gasteiger partial charge >= 0.3 is 0 Å². The van der Waals surface area contributed by atoms with Gasteiger partial charge in [-0.2, -0.15) is 0 Å². The van der Waals surface area contributed by atoms with Crippen LogP contribution in [0.1, 0.15) is 0 Å².